The molecule has 0 spiro atoms. The lowest BCUT2D eigenvalue weighted by atomic mass is 10.2. The highest BCUT2D eigenvalue weighted by Gasteiger charge is 2.22. The molecule has 1 aliphatic rings. The molecule has 3 rings (SSSR count). The van der Waals surface area contributed by atoms with Crippen molar-refractivity contribution >= 4 is 5.91 Å². The summed E-state index contributed by atoms with van der Waals surface area (Å²) in [5, 5.41) is 7.14. The van der Waals surface area contributed by atoms with Gasteiger partial charge in [0.1, 0.15) is 17.4 Å². The summed E-state index contributed by atoms with van der Waals surface area (Å²) < 4.78 is 5.66. The van der Waals surface area contributed by atoms with Crippen LogP contribution >= 0.6 is 0 Å². The highest BCUT2D eigenvalue weighted by molar-refractivity contribution is 5.78. The van der Waals surface area contributed by atoms with Gasteiger partial charge in [0.25, 0.3) is 5.91 Å². The maximum atomic E-state index is 12.3. The minimum atomic E-state index is 0.0378. The first kappa shape index (κ1) is 17.4. The van der Waals surface area contributed by atoms with Crippen molar-refractivity contribution in [2.24, 2.45) is 0 Å². The Labute approximate surface area is 148 Å². The van der Waals surface area contributed by atoms with E-state index in [1.165, 1.54) is 0 Å². The van der Waals surface area contributed by atoms with E-state index in [-0.39, 0.29) is 12.5 Å². The van der Waals surface area contributed by atoms with Crippen LogP contribution in [-0.4, -0.2) is 63.7 Å². The fraction of sp³-hybridized carbons (Fsp3) is 0.500. The second-order valence-electron chi connectivity index (χ2n) is 6.26. The Kier molecular flexibility index (Phi) is 5.65. The number of rotatable bonds is 6. The molecule has 1 fully saturated rings. The van der Waals surface area contributed by atoms with Gasteiger partial charge in [-0.2, -0.15) is 5.10 Å². The van der Waals surface area contributed by atoms with Gasteiger partial charge in [0.2, 0.25) is 0 Å². The first-order chi connectivity index (χ1) is 12.2. The molecule has 0 radical (unpaired) electrons. The molecule has 1 saturated heterocycles. The smallest absolute Gasteiger partial charge is 0.260 e. The van der Waals surface area contributed by atoms with Crippen LogP contribution in [0.1, 0.15) is 24.1 Å². The third-order valence-electron chi connectivity index (χ3n) is 4.44. The molecule has 0 aliphatic carbocycles. The molecule has 2 heterocycles. The van der Waals surface area contributed by atoms with E-state index in [1.807, 2.05) is 43.0 Å². The summed E-state index contributed by atoms with van der Waals surface area (Å²) in [6.07, 6.45) is 0.833. The maximum absolute atomic E-state index is 12.3. The molecule has 1 amide bonds. The van der Waals surface area contributed by atoms with E-state index in [0.717, 1.165) is 49.0 Å². The zero-order chi connectivity index (χ0) is 17.6. The number of amides is 1. The van der Waals surface area contributed by atoms with Crippen LogP contribution in [0.25, 0.3) is 0 Å². The molecule has 1 aromatic carbocycles. The molecule has 134 valence electrons. The van der Waals surface area contributed by atoms with Crippen molar-refractivity contribution in [3.63, 3.8) is 0 Å². The molecule has 0 unspecified atom stereocenters. The minimum absolute atomic E-state index is 0.0378. The third kappa shape index (κ3) is 4.57. The second kappa shape index (κ2) is 8.11. The van der Waals surface area contributed by atoms with Crippen molar-refractivity contribution in [3.8, 4) is 5.75 Å². The Morgan fingerprint density at radius 3 is 2.68 bits per heavy atom. The quantitative estimate of drug-likeness (QED) is 0.858. The van der Waals surface area contributed by atoms with Gasteiger partial charge in [0.05, 0.1) is 6.54 Å². The number of hydrogen-bond donors (Lipinski definition) is 1. The standard InChI is InChI=1S/C18H25N5O2/c1-3-16-19-17(21-20-16)12-22-8-10-23(11-9-22)18(24)13-25-15-7-5-4-6-14(15)2/h4-7H,3,8-13H2,1-2H3,(H,19,20,21). The Bertz CT molecular complexity index is 707. The summed E-state index contributed by atoms with van der Waals surface area (Å²) in [6.45, 7) is 7.94. The first-order valence-electron chi connectivity index (χ1n) is 8.74. The third-order valence-corrected chi connectivity index (χ3v) is 4.44. The summed E-state index contributed by atoms with van der Waals surface area (Å²) >= 11 is 0. The Morgan fingerprint density at radius 1 is 1.24 bits per heavy atom. The number of ether oxygens (including phenoxy) is 1. The lowest BCUT2D eigenvalue weighted by molar-refractivity contribution is -0.135. The summed E-state index contributed by atoms with van der Waals surface area (Å²) in [5.41, 5.74) is 1.04. The molecule has 1 aromatic heterocycles. The number of nitrogens with one attached hydrogen (secondary N) is 1. The molecule has 0 bridgehead atoms. The van der Waals surface area contributed by atoms with Gasteiger partial charge in [0.15, 0.2) is 6.61 Å². The van der Waals surface area contributed by atoms with Gasteiger partial charge in [-0.1, -0.05) is 25.1 Å². The summed E-state index contributed by atoms with van der Waals surface area (Å²) in [5.74, 6) is 2.54. The molecule has 2 aromatic rings. The average molecular weight is 343 g/mol. The van der Waals surface area contributed by atoms with Crippen LogP contribution in [0.2, 0.25) is 0 Å². The molecular weight excluding hydrogens is 318 g/mol. The van der Waals surface area contributed by atoms with Crippen LogP contribution in [0.15, 0.2) is 24.3 Å². The van der Waals surface area contributed by atoms with E-state index in [1.54, 1.807) is 0 Å². The van der Waals surface area contributed by atoms with Crippen molar-refractivity contribution in [2.45, 2.75) is 26.8 Å². The number of aromatic amines is 1. The molecule has 7 heteroatoms. The highest BCUT2D eigenvalue weighted by atomic mass is 16.5. The van der Waals surface area contributed by atoms with E-state index >= 15 is 0 Å². The van der Waals surface area contributed by atoms with E-state index in [2.05, 4.69) is 20.1 Å². The minimum Gasteiger partial charge on any atom is -0.484 e. The van der Waals surface area contributed by atoms with Crippen molar-refractivity contribution in [2.75, 3.05) is 32.8 Å². The van der Waals surface area contributed by atoms with Crippen LogP contribution in [0.4, 0.5) is 0 Å². The van der Waals surface area contributed by atoms with Crippen LogP contribution < -0.4 is 4.74 Å². The van der Waals surface area contributed by atoms with Gasteiger partial charge in [-0.15, -0.1) is 0 Å². The lowest BCUT2D eigenvalue weighted by Gasteiger charge is -2.34. The predicted octanol–water partition coefficient (Wildman–Crippen LogP) is 1.40. The van der Waals surface area contributed by atoms with Gasteiger partial charge in [-0.3, -0.25) is 14.8 Å². The molecule has 0 saturated carbocycles. The molecule has 1 aliphatic heterocycles. The van der Waals surface area contributed by atoms with E-state index < -0.39 is 0 Å². The maximum Gasteiger partial charge on any atom is 0.260 e. The monoisotopic (exact) mass is 343 g/mol. The number of aryl methyl sites for hydroxylation is 2. The van der Waals surface area contributed by atoms with Gasteiger partial charge >= 0.3 is 0 Å². The number of carbonyl (C=O) groups is 1. The topological polar surface area (TPSA) is 74.4 Å². The SMILES string of the molecule is CCc1n[nH]c(CN2CCN(C(=O)COc3ccccc3C)CC2)n1. The zero-order valence-corrected chi connectivity index (χ0v) is 14.9. The number of piperazine rings is 1. The van der Waals surface area contributed by atoms with E-state index in [0.29, 0.717) is 13.1 Å². The van der Waals surface area contributed by atoms with Gasteiger partial charge in [-0.05, 0) is 18.6 Å². The van der Waals surface area contributed by atoms with Crippen LogP contribution in [0.5, 0.6) is 5.75 Å². The van der Waals surface area contributed by atoms with Crippen molar-refractivity contribution in [3.05, 3.63) is 41.5 Å². The number of para-hydroxylation sites is 1. The molecule has 7 nitrogen and oxygen atoms in total. The van der Waals surface area contributed by atoms with Crippen LogP contribution in [-0.2, 0) is 17.8 Å². The molecule has 0 atom stereocenters. The zero-order valence-electron chi connectivity index (χ0n) is 14.9. The Balaban J connectivity index is 1.43. The fourth-order valence-corrected chi connectivity index (χ4v) is 2.88. The highest BCUT2D eigenvalue weighted by Crippen LogP contribution is 2.16. The van der Waals surface area contributed by atoms with Gasteiger partial charge in [-0.25, -0.2) is 4.98 Å². The first-order valence-corrected chi connectivity index (χ1v) is 8.74. The normalized spacial score (nSPS) is 15.4. The number of carbonyl (C=O) groups excluding carboxylic acids is 1. The Morgan fingerprint density at radius 2 is 2.00 bits per heavy atom. The van der Waals surface area contributed by atoms with E-state index in [4.69, 9.17) is 4.74 Å². The van der Waals surface area contributed by atoms with Gasteiger partial charge < -0.3 is 9.64 Å². The number of H-pyrrole nitrogens is 1. The number of benzene rings is 1. The fourth-order valence-electron chi connectivity index (χ4n) is 2.88. The summed E-state index contributed by atoms with van der Waals surface area (Å²) in [7, 11) is 0. The lowest BCUT2D eigenvalue weighted by Crippen LogP contribution is -2.49. The van der Waals surface area contributed by atoms with Crippen LogP contribution in [0, 0.1) is 6.92 Å². The molecule has 1 N–H and O–H groups in total. The Hall–Kier alpha value is -2.41. The predicted molar refractivity (Wildman–Crippen MR) is 94.3 cm³/mol. The van der Waals surface area contributed by atoms with Crippen molar-refractivity contribution < 1.29 is 9.53 Å². The van der Waals surface area contributed by atoms with Crippen molar-refractivity contribution in [1.29, 1.82) is 0 Å². The number of aromatic nitrogens is 3. The molecular formula is C18H25N5O2. The van der Waals surface area contributed by atoms with Gasteiger partial charge in [0, 0.05) is 32.6 Å². The largest absolute Gasteiger partial charge is 0.484 e. The van der Waals surface area contributed by atoms with Crippen LogP contribution in [0.3, 0.4) is 0 Å². The average Bonchev–Trinajstić information content (AvgIpc) is 3.09. The van der Waals surface area contributed by atoms with E-state index in [9.17, 15) is 4.79 Å². The second-order valence-corrected chi connectivity index (χ2v) is 6.26. The van der Waals surface area contributed by atoms with Crippen molar-refractivity contribution in [1.82, 2.24) is 25.0 Å². The number of hydrogen-bond acceptors (Lipinski definition) is 5. The summed E-state index contributed by atoms with van der Waals surface area (Å²) in [4.78, 5) is 20.9. The number of nitrogens with zero attached hydrogens (tertiary/aromatic N) is 4. The summed E-state index contributed by atoms with van der Waals surface area (Å²) in [6, 6.07) is 7.74. The molecule has 25 heavy (non-hydrogen) atoms.